The summed E-state index contributed by atoms with van der Waals surface area (Å²) in [4.78, 5) is 0. The Morgan fingerprint density at radius 2 is 2.00 bits per heavy atom. The number of rotatable bonds is 6. The van der Waals surface area contributed by atoms with Crippen molar-refractivity contribution in [1.82, 2.24) is 5.32 Å². The Balaban J connectivity index is 1.92. The smallest absolute Gasteiger partial charge is 0.123 e. The van der Waals surface area contributed by atoms with Crippen LogP contribution in [0.5, 0.6) is 5.75 Å². The second-order valence-corrected chi connectivity index (χ2v) is 4.70. The third kappa shape index (κ3) is 3.19. The quantitative estimate of drug-likeness (QED) is 0.767. The average Bonchev–Trinajstić information content (AvgIpc) is 2.29. The summed E-state index contributed by atoms with van der Waals surface area (Å²) in [6.45, 7) is 4.08. The summed E-state index contributed by atoms with van der Waals surface area (Å²) in [7, 11) is 0. The molecule has 1 saturated carbocycles. The molecule has 0 saturated heterocycles. The fourth-order valence-electron chi connectivity index (χ4n) is 2.22. The maximum Gasteiger partial charge on any atom is 0.123 e. The number of ether oxygens (including phenoxy) is 1. The Labute approximate surface area is 102 Å². The molecule has 1 aromatic rings. The molecule has 17 heavy (non-hydrogen) atoms. The summed E-state index contributed by atoms with van der Waals surface area (Å²) < 4.78 is 18.8. The molecule has 0 aliphatic heterocycles. The van der Waals surface area contributed by atoms with Gasteiger partial charge in [-0.25, -0.2) is 4.39 Å². The molecule has 0 aromatic heterocycles. The first-order valence-corrected chi connectivity index (χ1v) is 6.39. The monoisotopic (exact) mass is 237 g/mol. The molecule has 0 amide bonds. The molecule has 0 heterocycles. The number of hydrogen-bond acceptors (Lipinski definition) is 2. The fourth-order valence-corrected chi connectivity index (χ4v) is 2.22. The van der Waals surface area contributed by atoms with Crippen LogP contribution in [0.2, 0.25) is 0 Å². The van der Waals surface area contributed by atoms with Gasteiger partial charge in [0.25, 0.3) is 0 Å². The van der Waals surface area contributed by atoms with Gasteiger partial charge in [-0.2, -0.15) is 0 Å². The molecule has 0 atom stereocenters. The van der Waals surface area contributed by atoms with E-state index >= 15 is 0 Å². The highest BCUT2D eigenvalue weighted by Crippen LogP contribution is 2.39. The van der Waals surface area contributed by atoms with Gasteiger partial charge in [-0.3, -0.25) is 0 Å². The normalized spacial score (nSPS) is 17.5. The Morgan fingerprint density at radius 1 is 1.29 bits per heavy atom. The molecule has 2 rings (SSSR count). The zero-order valence-corrected chi connectivity index (χ0v) is 10.3. The van der Waals surface area contributed by atoms with Crippen molar-refractivity contribution in [3.8, 4) is 5.75 Å². The first kappa shape index (κ1) is 12.4. The van der Waals surface area contributed by atoms with Crippen molar-refractivity contribution in [2.24, 2.45) is 0 Å². The number of hydrogen-bond donors (Lipinski definition) is 1. The van der Waals surface area contributed by atoms with Gasteiger partial charge in [0, 0.05) is 0 Å². The van der Waals surface area contributed by atoms with Crippen LogP contribution in [0.15, 0.2) is 24.3 Å². The van der Waals surface area contributed by atoms with Crippen LogP contribution in [0.1, 0.15) is 32.6 Å². The largest absolute Gasteiger partial charge is 0.487 e. The molecule has 1 N–H and O–H groups in total. The Kier molecular flexibility index (Phi) is 4.00. The summed E-state index contributed by atoms with van der Waals surface area (Å²) in [6, 6.07) is 6.32. The van der Waals surface area contributed by atoms with Crippen LogP contribution in [0.25, 0.3) is 0 Å². The van der Waals surface area contributed by atoms with E-state index in [2.05, 4.69) is 12.2 Å². The summed E-state index contributed by atoms with van der Waals surface area (Å²) >= 11 is 0. The second kappa shape index (κ2) is 5.50. The van der Waals surface area contributed by atoms with Gasteiger partial charge in [-0.05, 0) is 63.0 Å². The van der Waals surface area contributed by atoms with E-state index in [0.717, 1.165) is 38.1 Å². The van der Waals surface area contributed by atoms with E-state index in [1.54, 1.807) is 12.1 Å². The van der Waals surface area contributed by atoms with Crippen molar-refractivity contribution in [3.63, 3.8) is 0 Å². The van der Waals surface area contributed by atoms with Crippen LogP contribution < -0.4 is 10.1 Å². The van der Waals surface area contributed by atoms with Gasteiger partial charge in [0.15, 0.2) is 0 Å². The maximum absolute atomic E-state index is 12.8. The Hall–Kier alpha value is -1.09. The summed E-state index contributed by atoms with van der Waals surface area (Å²) in [5.41, 5.74) is -0.0139. The van der Waals surface area contributed by atoms with E-state index in [1.807, 2.05) is 0 Å². The van der Waals surface area contributed by atoms with Crippen LogP contribution in [0, 0.1) is 5.82 Å². The number of benzene rings is 1. The molecule has 94 valence electrons. The minimum absolute atomic E-state index is 0.0139. The minimum atomic E-state index is -0.215. The lowest BCUT2D eigenvalue weighted by Gasteiger charge is -2.42. The molecule has 1 aliphatic rings. The van der Waals surface area contributed by atoms with Gasteiger partial charge >= 0.3 is 0 Å². The average molecular weight is 237 g/mol. The van der Waals surface area contributed by atoms with Gasteiger partial charge in [-0.15, -0.1) is 0 Å². The zero-order chi connectivity index (χ0) is 12.1. The molecule has 0 spiro atoms. The van der Waals surface area contributed by atoms with Crippen LogP contribution in [-0.4, -0.2) is 18.7 Å². The van der Waals surface area contributed by atoms with Crippen molar-refractivity contribution < 1.29 is 9.13 Å². The zero-order valence-electron chi connectivity index (χ0n) is 10.3. The van der Waals surface area contributed by atoms with Crippen molar-refractivity contribution in [2.45, 2.75) is 38.2 Å². The van der Waals surface area contributed by atoms with Crippen molar-refractivity contribution in [2.75, 3.05) is 13.1 Å². The van der Waals surface area contributed by atoms with Crippen molar-refractivity contribution in [1.29, 1.82) is 0 Å². The molecule has 3 heteroatoms. The highest BCUT2D eigenvalue weighted by atomic mass is 19.1. The van der Waals surface area contributed by atoms with Gasteiger partial charge in [0.1, 0.15) is 17.2 Å². The number of halogens is 1. The van der Waals surface area contributed by atoms with Crippen LogP contribution in [-0.2, 0) is 0 Å². The molecule has 2 nitrogen and oxygen atoms in total. The van der Waals surface area contributed by atoms with E-state index in [9.17, 15) is 4.39 Å². The summed E-state index contributed by atoms with van der Waals surface area (Å²) in [6.07, 6.45) is 4.47. The third-order valence-corrected chi connectivity index (χ3v) is 3.42. The lowest BCUT2D eigenvalue weighted by molar-refractivity contribution is -0.0141. The topological polar surface area (TPSA) is 21.3 Å². The van der Waals surface area contributed by atoms with E-state index in [4.69, 9.17) is 4.74 Å². The fraction of sp³-hybridized carbons (Fsp3) is 0.571. The van der Waals surface area contributed by atoms with Crippen LogP contribution in [0.3, 0.4) is 0 Å². The minimum Gasteiger partial charge on any atom is -0.487 e. The summed E-state index contributed by atoms with van der Waals surface area (Å²) in [5, 5.41) is 3.33. The van der Waals surface area contributed by atoms with E-state index in [-0.39, 0.29) is 11.4 Å². The van der Waals surface area contributed by atoms with E-state index in [1.165, 1.54) is 18.6 Å². The third-order valence-electron chi connectivity index (χ3n) is 3.42. The Morgan fingerprint density at radius 3 is 2.53 bits per heavy atom. The van der Waals surface area contributed by atoms with E-state index < -0.39 is 0 Å². The maximum atomic E-state index is 12.8. The predicted octanol–water partition coefficient (Wildman–Crippen LogP) is 3.13. The SMILES string of the molecule is CCNCCC1(Oc2ccc(F)cc2)CCC1. The van der Waals surface area contributed by atoms with E-state index in [0.29, 0.717) is 0 Å². The van der Waals surface area contributed by atoms with Crippen LogP contribution in [0.4, 0.5) is 4.39 Å². The predicted molar refractivity (Wildman–Crippen MR) is 66.8 cm³/mol. The Bertz CT molecular complexity index is 346. The lowest BCUT2D eigenvalue weighted by Crippen LogP contribution is -2.45. The molecular weight excluding hydrogens is 217 g/mol. The van der Waals surface area contributed by atoms with Gasteiger partial charge in [0.2, 0.25) is 0 Å². The molecule has 1 aliphatic carbocycles. The highest BCUT2D eigenvalue weighted by Gasteiger charge is 2.38. The molecule has 0 radical (unpaired) electrons. The number of nitrogens with one attached hydrogen (secondary N) is 1. The summed E-state index contributed by atoms with van der Waals surface area (Å²) in [5.74, 6) is 0.565. The molecule has 1 aromatic carbocycles. The van der Waals surface area contributed by atoms with Gasteiger partial charge in [-0.1, -0.05) is 6.92 Å². The first-order valence-electron chi connectivity index (χ1n) is 6.39. The van der Waals surface area contributed by atoms with Crippen molar-refractivity contribution in [3.05, 3.63) is 30.1 Å². The van der Waals surface area contributed by atoms with Crippen LogP contribution >= 0.6 is 0 Å². The highest BCUT2D eigenvalue weighted by molar-refractivity contribution is 5.23. The standard InChI is InChI=1S/C14H20FNO/c1-2-16-11-10-14(8-3-9-14)17-13-6-4-12(15)5-7-13/h4-7,16H,2-3,8-11H2,1H3. The molecule has 0 bridgehead atoms. The molecule has 1 fully saturated rings. The van der Waals surface area contributed by atoms with Gasteiger partial charge in [0.05, 0.1) is 0 Å². The van der Waals surface area contributed by atoms with Gasteiger partial charge < -0.3 is 10.1 Å². The van der Waals surface area contributed by atoms with Crippen molar-refractivity contribution >= 4 is 0 Å². The lowest BCUT2D eigenvalue weighted by atomic mass is 9.77. The first-order chi connectivity index (χ1) is 8.24. The molecule has 0 unspecified atom stereocenters. The second-order valence-electron chi connectivity index (χ2n) is 4.70. The molecular formula is C14H20FNO.